The van der Waals surface area contributed by atoms with E-state index in [1.807, 2.05) is 48.8 Å². The first-order valence-corrected chi connectivity index (χ1v) is 15.6. The number of rotatable bonds is 4. The van der Waals surface area contributed by atoms with Crippen LogP contribution in [0.4, 0.5) is 5.69 Å². The van der Waals surface area contributed by atoms with Gasteiger partial charge in [0.15, 0.2) is 5.69 Å². The van der Waals surface area contributed by atoms with Crippen molar-refractivity contribution in [3.8, 4) is 39.1 Å². The van der Waals surface area contributed by atoms with Gasteiger partial charge >= 0.3 is 0 Å². The Bertz CT molecular complexity index is 2660. The summed E-state index contributed by atoms with van der Waals surface area (Å²) < 4.78 is 2.35. The average Bonchev–Trinajstić information content (AvgIpc) is 3.48. The van der Waals surface area contributed by atoms with E-state index in [4.69, 9.17) is 11.6 Å². The fourth-order valence-corrected chi connectivity index (χ4v) is 6.82. The van der Waals surface area contributed by atoms with E-state index in [0.29, 0.717) is 5.69 Å². The van der Waals surface area contributed by atoms with E-state index in [1.54, 1.807) is 0 Å². The van der Waals surface area contributed by atoms with Gasteiger partial charge < -0.3 is 4.57 Å². The molecule has 0 aliphatic carbocycles. The van der Waals surface area contributed by atoms with Crippen molar-refractivity contribution in [2.24, 2.45) is 0 Å². The number of aromatic nitrogens is 3. The van der Waals surface area contributed by atoms with Crippen LogP contribution in [0.1, 0.15) is 0 Å². The molecule has 0 N–H and O–H groups in total. The second-order valence-electron chi connectivity index (χ2n) is 11.8. The van der Waals surface area contributed by atoms with Crippen LogP contribution in [-0.4, -0.2) is 14.5 Å². The standard InChI is InChI=1S/C43H26N4/c1-44-34-19-15-29(16-20-34)32-17-21-36-39-25-31(18-22-40(39)47(41(36)27-32)35-8-3-2-4-9-35)28-11-13-30(14-12-28)38-26-33-7-5-23-45-42(33)43-37(38)10-6-24-46-43/h2-27H. The SMILES string of the molecule is [C-]#[N+]c1ccc(-c2ccc3c4cc(-c5ccc(-c6cc7cccnc7c7ncccc67)cc5)ccc4n(-c4ccccc4)c3c2)cc1. The maximum absolute atomic E-state index is 7.31. The van der Waals surface area contributed by atoms with Crippen LogP contribution in [0.2, 0.25) is 0 Å². The molecule has 0 radical (unpaired) electrons. The van der Waals surface area contributed by atoms with Gasteiger partial charge in [0.1, 0.15) is 0 Å². The lowest BCUT2D eigenvalue weighted by atomic mass is 9.95. The first kappa shape index (κ1) is 26.8. The van der Waals surface area contributed by atoms with Crippen molar-refractivity contribution in [1.82, 2.24) is 14.5 Å². The van der Waals surface area contributed by atoms with Gasteiger partial charge in [-0.3, -0.25) is 9.97 Å². The topological polar surface area (TPSA) is 35.1 Å². The molecule has 3 aromatic heterocycles. The molecule has 0 atom stereocenters. The van der Waals surface area contributed by atoms with Crippen LogP contribution in [0.15, 0.2) is 158 Å². The van der Waals surface area contributed by atoms with Gasteiger partial charge in [-0.2, -0.15) is 0 Å². The first-order chi connectivity index (χ1) is 23.2. The van der Waals surface area contributed by atoms with Crippen molar-refractivity contribution in [2.45, 2.75) is 0 Å². The maximum Gasteiger partial charge on any atom is 0.187 e. The third-order valence-corrected chi connectivity index (χ3v) is 9.10. The lowest BCUT2D eigenvalue weighted by molar-refractivity contribution is 1.18. The molecule has 0 saturated heterocycles. The number of fused-ring (bicyclic) bond motifs is 6. The summed E-state index contributed by atoms with van der Waals surface area (Å²) in [6, 6.07) is 51.1. The van der Waals surface area contributed by atoms with Crippen molar-refractivity contribution in [1.29, 1.82) is 0 Å². The minimum absolute atomic E-state index is 0.647. The van der Waals surface area contributed by atoms with Crippen molar-refractivity contribution < 1.29 is 0 Å². The highest BCUT2D eigenvalue weighted by molar-refractivity contribution is 6.12. The van der Waals surface area contributed by atoms with E-state index in [-0.39, 0.29) is 0 Å². The Morgan fingerprint density at radius 2 is 1.13 bits per heavy atom. The molecule has 0 bridgehead atoms. The fourth-order valence-electron chi connectivity index (χ4n) is 6.82. The van der Waals surface area contributed by atoms with Gasteiger partial charge in [0.05, 0.1) is 28.6 Å². The summed E-state index contributed by atoms with van der Waals surface area (Å²) in [4.78, 5) is 12.9. The molecule has 9 aromatic rings. The van der Waals surface area contributed by atoms with Gasteiger partial charge in [-0.15, -0.1) is 0 Å². The smallest absolute Gasteiger partial charge is 0.187 e. The van der Waals surface area contributed by atoms with Crippen LogP contribution in [0.5, 0.6) is 0 Å². The Balaban J connectivity index is 1.17. The molecule has 218 valence electrons. The average molecular weight is 599 g/mol. The molecule has 0 spiro atoms. The molecule has 47 heavy (non-hydrogen) atoms. The van der Waals surface area contributed by atoms with Crippen molar-refractivity contribution in [3.63, 3.8) is 0 Å². The molecule has 4 heteroatoms. The Labute approximate surface area is 271 Å². The zero-order valence-electron chi connectivity index (χ0n) is 25.3. The summed E-state index contributed by atoms with van der Waals surface area (Å²) in [6.07, 6.45) is 3.66. The molecule has 6 aromatic carbocycles. The number of pyridine rings is 2. The Morgan fingerprint density at radius 1 is 0.468 bits per heavy atom. The Kier molecular flexibility index (Phi) is 6.16. The van der Waals surface area contributed by atoms with E-state index in [1.165, 1.54) is 16.3 Å². The zero-order valence-corrected chi connectivity index (χ0v) is 25.3. The molecular weight excluding hydrogens is 573 g/mol. The largest absolute Gasteiger partial charge is 0.309 e. The zero-order chi connectivity index (χ0) is 31.3. The monoisotopic (exact) mass is 598 g/mol. The highest BCUT2D eigenvalue weighted by Crippen LogP contribution is 2.38. The van der Waals surface area contributed by atoms with Gasteiger partial charge in [0, 0.05) is 39.6 Å². The third kappa shape index (κ3) is 4.45. The normalized spacial score (nSPS) is 11.4. The lowest BCUT2D eigenvalue weighted by Crippen LogP contribution is -1.93. The third-order valence-electron chi connectivity index (χ3n) is 9.10. The second kappa shape index (κ2) is 10.8. The number of benzene rings is 6. The maximum atomic E-state index is 7.31. The van der Waals surface area contributed by atoms with Gasteiger partial charge in [-0.25, -0.2) is 4.85 Å². The highest BCUT2D eigenvalue weighted by atomic mass is 15.0. The van der Waals surface area contributed by atoms with Crippen molar-refractivity contribution in [2.75, 3.05) is 0 Å². The summed E-state index contributed by atoms with van der Waals surface area (Å²) in [6.45, 7) is 7.31. The van der Waals surface area contributed by atoms with E-state index in [2.05, 4.69) is 124 Å². The molecule has 0 saturated carbocycles. The molecule has 0 aliphatic heterocycles. The summed E-state index contributed by atoms with van der Waals surface area (Å²) in [5, 5.41) is 4.59. The van der Waals surface area contributed by atoms with Crippen LogP contribution >= 0.6 is 0 Å². The van der Waals surface area contributed by atoms with Crippen molar-refractivity contribution in [3.05, 3.63) is 169 Å². The predicted octanol–water partition coefficient (Wildman–Crippen LogP) is 11.4. The van der Waals surface area contributed by atoms with E-state index in [0.717, 1.165) is 66.3 Å². The van der Waals surface area contributed by atoms with Crippen LogP contribution in [0.25, 0.3) is 87.5 Å². The van der Waals surface area contributed by atoms with Crippen LogP contribution < -0.4 is 0 Å². The second-order valence-corrected chi connectivity index (χ2v) is 11.8. The Morgan fingerprint density at radius 3 is 1.91 bits per heavy atom. The summed E-state index contributed by atoms with van der Waals surface area (Å²) in [5.41, 5.74) is 12.8. The molecular formula is C43H26N4. The minimum atomic E-state index is 0.647. The van der Waals surface area contributed by atoms with Gasteiger partial charge in [0.2, 0.25) is 0 Å². The highest BCUT2D eigenvalue weighted by Gasteiger charge is 2.15. The minimum Gasteiger partial charge on any atom is -0.309 e. The number of nitrogens with zero attached hydrogens (tertiary/aromatic N) is 4. The fraction of sp³-hybridized carbons (Fsp3) is 0. The molecule has 3 heterocycles. The van der Waals surface area contributed by atoms with Crippen molar-refractivity contribution >= 4 is 49.3 Å². The lowest BCUT2D eigenvalue weighted by Gasteiger charge is -2.11. The van der Waals surface area contributed by atoms with Gasteiger partial charge in [0.25, 0.3) is 0 Å². The van der Waals surface area contributed by atoms with Crippen LogP contribution in [0.3, 0.4) is 0 Å². The van der Waals surface area contributed by atoms with Gasteiger partial charge in [-0.05, 0) is 81.9 Å². The number of hydrogen-bond donors (Lipinski definition) is 0. The molecule has 0 amide bonds. The molecule has 0 unspecified atom stereocenters. The number of hydrogen-bond acceptors (Lipinski definition) is 2. The quantitative estimate of drug-likeness (QED) is 0.149. The molecule has 0 fully saturated rings. The summed E-state index contributed by atoms with van der Waals surface area (Å²) in [5.74, 6) is 0. The van der Waals surface area contributed by atoms with E-state index < -0.39 is 0 Å². The molecule has 9 rings (SSSR count). The summed E-state index contributed by atoms with van der Waals surface area (Å²) >= 11 is 0. The Hall–Kier alpha value is -6.57. The molecule has 0 aliphatic rings. The van der Waals surface area contributed by atoms with Crippen LogP contribution in [-0.2, 0) is 0 Å². The number of para-hydroxylation sites is 1. The van der Waals surface area contributed by atoms with E-state index >= 15 is 0 Å². The van der Waals surface area contributed by atoms with E-state index in [9.17, 15) is 0 Å². The predicted molar refractivity (Wildman–Crippen MR) is 194 cm³/mol. The van der Waals surface area contributed by atoms with Crippen LogP contribution in [0, 0.1) is 6.57 Å². The van der Waals surface area contributed by atoms with Gasteiger partial charge in [-0.1, -0.05) is 97.1 Å². The summed E-state index contributed by atoms with van der Waals surface area (Å²) in [7, 11) is 0. The molecule has 4 nitrogen and oxygen atoms in total. The first-order valence-electron chi connectivity index (χ1n) is 15.6.